The summed E-state index contributed by atoms with van der Waals surface area (Å²) < 4.78 is 16.2. The predicted molar refractivity (Wildman–Crippen MR) is 106 cm³/mol. The minimum atomic E-state index is -0.412. The monoisotopic (exact) mass is 434 g/mol. The molecular formula is C19H19BrN2O5. The Labute approximate surface area is 165 Å². The summed E-state index contributed by atoms with van der Waals surface area (Å²) in [5.41, 5.74) is 3.42. The predicted octanol–water partition coefficient (Wildman–Crippen LogP) is 3.50. The molecule has 0 aliphatic rings. The van der Waals surface area contributed by atoms with Crippen LogP contribution in [0.5, 0.6) is 23.0 Å². The van der Waals surface area contributed by atoms with Gasteiger partial charge in [-0.1, -0.05) is 12.7 Å². The molecule has 0 spiro atoms. The third kappa shape index (κ3) is 5.24. The van der Waals surface area contributed by atoms with Crippen molar-refractivity contribution in [3.63, 3.8) is 0 Å². The van der Waals surface area contributed by atoms with Gasteiger partial charge in [0.2, 0.25) is 0 Å². The van der Waals surface area contributed by atoms with Crippen molar-refractivity contribution in [1.29, 1.82) is 0 Å². The maximum absolute atomic E-state index is 12.3. The summed E-state index contributed by atoms with van der Waals surface area (Å²) in [7, 11) is 2.94. The van der Waals surface area contributed by atoms with Gasteiger partial charge in [0.25, 0.3) is 5.91 Å². The number of ether oxygens (including phenoxy) is 3. The molecule has 2 aromatic rings. The normalized spacial score (nSPS) is 10.5. The minimum absolute atomic E-state index is 0.00968. The molecule has 27 heavy (non-hydrogen) atoms. The summed E-state index contributed by atoms with van der Waals surface area (Å²) in [4.78, 5) is 12.3. The first-order valence-corrected chi connectivity index (χ1v) is 8.61. The second-order valence-corrected chi connectivity index (χ2v) is 6.07. The van der Waals surface area contributed by atoms with Crippen LogP contribution in [0.2, 0.25) is 0 Å². The van der Waals surface area contributed by atoms with E-state index in [1.165, 1.54) is 20.4 Å². The van der Waals surface area contributed by atoms with Crippen LogP contribution in [-0.2, 0) is 0 Å². The van der Waals surface area contributed by atoms with E-state index in [2.05, 4.69) is 33.0 Å². The van der Waals surface area contributed by atoms with Crippen LogP contribution < -0.4 is 19.6 Å². The summed E-state index contributed by atoms with van der Waals surface area (Å²) >= 11 is 3.22. The van der Waals surface area contributed by atoms with Crippen molar-refractivity contribution in [3.8, 4) is 23.0 Å². The van der Waals surface area contributed by atoms with E-state index in [1.807, 2.05) is 0 Å². The van der Waals surface area contributed by atoms with Crippen LogP contribution in [-0.4, -0.2) is 38.1 Å². The van der Waals surface area contributed by atoms with E-state index in [9.17, 15) is 9.90 Å². The van der Waals surface area contributed by atoms with Crippen molar-refractivity contribution in [3.05, 3.63) is 58.6 Å². The quantitative estimate of drug-likeness (QED) is 0.377. The average Bonchev–Trinajstić information content (AvgIpc) is 2.68. The highest BCUT2D eigenvalue weighted by Gasteiger charge is 2.11. The van der Waals surface area contributed by atoms with Gasteiger partial charge in [-0.25, -0.2) is 5.43 Å². The Bertz CT molecular complexity index is 867. The molecule has 8 heteroatoms. The van der Waals surface area contributed by atoms with Crippen LogP contribution in [0.4, 0.5) is 0 Å². The zero-order chi connectivity index (χ0) is 19.8. The van der Waals surface area contributed by atoms with Crippen LogP contribution in [0, 0.1) is 0 Å². The Kier molecular flexibility index (Phi) is 7.25. The van der Waals surface area contributed by atoms with Gasteiger partial charge in [0.05, 0.1) is 24.9 Å². The molecule has 0 atom stereocenters. The molecule has 2 aromatic carbocycles. The lowest BCUT2D eigenvalue weighted by atomic mass is 10.2. The number of amides is 1. The van der Waals surface area contributed by atoms with Crippen molar-refractivity contribution in [1.82, 2.24) is 5.43 Å². The zero-order valence-electron chi connectivity index (χ0n) is 14.9. The topological polar surface area (TPSA) is 89.4 Å². The van der Waals surface area contributed by atoms with Crippen LogP contribution in [0.15, 0.2) is 52.6 Å². The SMILES string of the molecule is C=CCOc1ccc(C(=O)N/N=C/c2cc(Br)c(O)c(OC)c2)cc1OC. The average molecular weight is 435 g/mol. The number of carbonyl (C=O) groups excluding carboxylic acids is 1. The van der Waals surface area contributed by atoms with Gasteiger partial charge in [0.1, 0.15) is 6.61 Å². The highest BCUT2D eigenvalue weighted by Crippen LogP contribution is 2.34. The molecule has 142 valence electrons. The lowest BCUT2D eigenvalue weighted by Crippen LogP contribution is -2.17. The molecule has 0 heterocycles. The third-order valence-corrected chi connectivity index (χ3v) is 4.04. The number of rotatable bonds is 8. The van der Waals surface area contributed by atoms with Crippen LogP contribution >= 0.6 is 15.9 Å². The fourth-order valence-electron chi connectivity index (χ4n) is 2.13. The number of halogens is 1. The van der Waals surface area contributed by atoms with E-state index < -0.39 is 5.91 Å². The molecule has 1 amide bonds. The lowest BCUT2D eigenvalue weighted by molar-refractivity contribution is 0.0954. The zero-order valence-corrected chi connectivity index (χ0v) is 16.4. The summed E-state index contributed by atoms with van der Waals surface area (Å²) in [6.07, 6.45) is 3.05. The highest BCUT2D eigenvalue weighted by atomic mass is 79.9. The number of aromatic hydroxyl groups is 1. The molecule has 0 unspecified atom stereocenters. The Hall–Kier alpha value is -3.00. The number of phenolic OH excluding ortho intramolecular Hbond substituents is 1. The van der Waals surface area contributed by atoms with E-state index in [-0.39, 0.29) is 11.5 Å². The van der Waals surface area contributed by atoms with Gasteiger partial charge >= 0.3 is 0 Å². The standard InChI is InChI=1S/C19H19BrN2O5/c1-4-7-27-15-6-5-13(10-16(15)25-2)19(24)22-21-11-12-8-14(20)18(23)17(9-12)26-3/h4-6,8-11,23H,1,7H2,2-3H3,(H,22,24)/b21-11+. The van der Waals surface area contributed by atoms with Gasteiger partial charge in [0, 0.05) is 5.56 Å². The number of hydrazone groups is 1. The molecule has 0 fully saturated rings. The lowest BCUT2D eigenvalue weighted by Gasteiger charge is -2.10. The largest absolute Gasteiger partial charge is 0.503 e. The number of methoxy groups -OCH3 is 2. The Morgan fingerprint density at radius 2 is 1.96 bits per heavy atom. The highest BCUT2D eigenvalue weighted by molar-refractivity contribution is 9.10. The Morgan fingerprint density at radius 3 is 2.63 bits per heavy atom. The summed E-state index contributed by atoms with van der Waals surface area (Å²) in [6.45, 7) is 3.92. The molecule has 0 aliphatic heterocycles. The summed E-state index contributed by atoms with van der Waals surface area (Å²) in [5.74, 6) is 0.811. The van der Waals surface area contributed by atoms with Gasteiger partial charge in [-0.3, -0.25) is 4.79 Å². The fourth-order valence-corrected chi connectivity index (χ4v) is 2.59. The molecule has 2 rings (SSSR count). The number of phenols is 1. The van der Waals surface area contributed by atoms with E-state index in [1.54, 1.807) is 36.4 Å². The Morgan fingerprint density at radius 1 is 1.22 bits per heavy atom. The molecule has 0 bridgehead atoms. The number of carbonyl (C=O) groups is 1. The molecule has 0 aliphatic carbocycles. The molecule has 7 nitrogen and oxygen atoms in total. The molecule has 2 N–H and O–H groups in total. The minimum Gasteiger partial charge on any atom is -0.503 e. The van der Waals surface area contributed by atoms with E-state index in [4.69, 9.17) is 14.2 Å². The third-order valence-electron chi connectivity index (χ3n) is 3.43. The van der Waals surface area contributed by atoms with Gasteiger partial charge < -0.3 is 19.3 Å². The second kappa shape index (κ2) is 9.63. The summed E-state index contributed by atoms with van der Waals surface area (Å²) in [6, 6.07) is 8.03. The number of nitrogens with zero attached hydrogens (tertiary/aromatic N) is 1. The molecule has 0 aromatic heterocycles. The molecule has 0 saturated heterocycles. The van der Waals surface area contributed by atoms with Crippen molar-refractivity contribution < 1.29 is 24.1 Å². The number of hydrogen-bond acceptors (Lipinski definition) is 6. The van der Waals surface area contributed by atoms with Gasteiger partial charge in [-0.05, 0) is 51.8 Å². The fraction of sp³-hybridized carbons (Fsp3) is 0.158. The number of hydrogen-bond donors (Lipinski definition) is 2. The molecule has 0 saturated carbocycles. The van der Waals surface area contributed by atoms with Crippen molar-refractivity contribution >= 4 is 28.1 Å². The van der Waals surface area contributed by atoms with Crippen LogP contribution in [0.1, 0.15) is 15.9 Å². The van der Waals surface area contributed by atoms with E-state index in [0.717, 1.165) is 0 Å². The maximum atomic E-state index is 12.3. The van der Waals surface area contributed by atoms with Gasteiger partial charge in [0.15, 0.2) is 23.0 Å². The van der Waals surface area contributed by atoms with Gasteiger partial charge in [-0.15, -0.1) is 0 Å². The van der Waals surface area contributed by atoms with E-state index >= 15 is 0 Å². The summed E-state index contributed by atoms with van der Waals surface area (Å²) in [5, 5.41) is 13.7. The molecule has 0 radical (unpaired) electrons. The van der Waals surface area contributed by atoms with Crippen molar-refractivity contribution in [2.24, 2.45) is 5.10 Å². The maximum Gasteiger partial charge on any atom is 0.271 e. The number of benzene rings is 2. The van der Waals surface area contributed by atoms with Gasteiger partial charge in [-0.2, -0.15) is 5.10 Å². The Balaban J connectivity index is 2.10. The number of nitrogens with one attached hydrogen (secondary N) is 1. The van der Waals surface area contributed by atoms with Crippen LogP contribution in [0.3, 0.4) is 0 Å². The van der Waals surface area contributed by atoms with Crippen molar-refractivity contribution in [2.45, 2.75) is 0 Å². The molecular weight excluding hydrogens is 416 g/mol. The second-order valence-electron chi connectivity index (χ2n) is 5.22. The van der Waals surface area contributed by atoms with E-state index in [0.29, 0.717) is 33.7 Å². The van der Waals surface area contributed by atoms with Crippen molar-refractivity contribution in [2.75, 3.05) is 20.8 Å². The first-order valence-electron chi connectivity index (χ1n) is 7.81. The smallest absolute Gasteiger partial charge is 0.271 e. The first kappa shape index (κ1) is 20.3. The first-order chi connectivity index (χ1) is 13.0. The van der Waals surface area contributed by atoms with Crippen LogP contribution in [0.25, 0.3) is 0 Å².